The number of ether oxygens (including phenoxy) is 1. The maximum absolute atomic E-state index is 12.1. The van der Waals surface area contributed by atoms with Gasteiger partial charge in [-0.1, -0.05) is 63.6 Å². The Morgan fingerprint density at radius 3 is 2.72 bits per heavy atom. The van der Waals surface area contributed by atoms with Crippen LogP contribution in [0.15, 0.2) is 24.3 Å². The van der Waals surface area contributed by atoms with E-state index in [1.807, 2.05) is 0 Å². The normalized spacial score (nSPS) is 19.8. The number of nitrogens with one attached hydrogen (secondary N) is 2. The van der Waals surface area contributed by atoms with Gasteiger partial charge in [0.2, 0.25) is 0 Å². The summed E-state index contributed by atoms with van der Waals surface area (Å²) in [5.41, 5.74) is 3.70. The molecule has 0 bridgehead atoms. The summed E-state index contributed by atoms with van der Waals surface area (Å²) in [6.07, 6.45) is 9.44. The lowest BCUT2D eigenvalue weighted by molar-refractivity contribution is -0.143. The summed E-state index contributed by atoms with van der Waals surface area (Å²) in [7, 11) is 1.47. The van der Waals surface area contributed by atoms with Crippen molar-refractivity contribution in [3.63, 3.8) is 0 Å². The molecule has 4 nitrogen and oxygen atoms in total. The number of carbonyl (C=O) groups is 1. The van der Waals surface area contributed by atoms with E-state index in [1.165, 1.54) is 62.3 Å². The van der Waals surface area contributed by atoms with Crippen LogP contribution in [0.3, 0.4) is 0 Å². The molecule has 3 rings (SSSR count). The maximum atomic E-state index is 12.1. The number of hydrogen-bond donors (Lipinski definition) is 2. The Morgan fingerprint density at radius 2 is 1.92 bits per heavy atom. The SMILES string of the molecule is CCCCCCCC[C@@H]1N[C@@H](C(=O)OC)Cc2c1[nH]c1ccccc21. The van der Waals surface area contributed by atoms with E-state index in [-0.39, 0.29) is 18.1 Å². The zero-order chi connectivity index (χ0) is 17.6. The molecule has 0 fully saturated rings. The molecule has 0 saturated carbocycles. The minimum atomic E-state index is -0.248. The highest BCUT2D eigenvalue weighted by Crippen LogP contribution is 2.34. The molecule has 0 radical (unpaired) electrons. The molecular weight excluding hydrogens is 312 g/mol. The van der Waals surface area contributed by atoms with Crippen molar-refractivity contribution in [2.45, 2.75) is 70.4 Å². The van der Waals surface area contributed by atoms with Gasteiger partial charge < -0.3 is 9.72 Å². The molecule has 0 unspecified atom stereocenters. The lowest BCUT2D eigenvalue weighted by Crippen LogP contribution is -2.45. The summed E-state index contributed by atoms with van der Waals surface area (Å²) in [5, 5.41) is 4.75. The topological polar surface area (TPSA) is 54.1 Å². The summed E-state index contributed by atoms with van der Waals surface area (Å²) < 4.78 is 5.00. The van der Waals surface area contributed by atoms with Gasteiger partial charge in [0.15, 0.2) is 0 Å². The van der Waals surface area contributed by atoms with E-state index in [1.54, 1.807) is 0 Å². The van der Waals surface area contributed by atoms with E-state index in [4.69, 9.17) is 4.74 Å². The number of esters is 1. The Balaban J connectivity index is 1.74. The third kappa shape index (κ3) is 4.06. The first-order valence-electron chi connectivity index (χ1n) is 9.68. The van der Waals surface area contributed by atoms with Crippen molar-refractivity contribution in [3.8, 4) is 0 Å². The average molecular weight is 342 g/mol. The van der Waals surface area contributed by atoms with E-state index in [0.717, 1.165) is 11.9 Å². The molecule has 0 amide bonds. The average Bonchev–Trinajstić information content (AvgIpc) is 3.02. The zero-order valence-electron chi connectivity index (χ0n) is 15.4. The van der Waals surface area contributed by atoms with E-state index in [0.29, 0.717) is 6.42 Å². The number of unbranched alkanes of at least 4 members (excludes halogenated alkanes) is 5. The van der Waals surface area contributed by atoms with Crippen LogP contribution in [0, 0.1) is 0 Å². The Morgan fingerprint density at radius 1 is 1.16 bits per heavy atom. The molecule has 1 aliphatic rings. The Labute approximate surface area is 150 Å². The predicted molar refractivity (Wildman–Crippen MR) is 102 cm³/mol. The fourth-order valence-electron chi connectivity index (χ4n) is 3.98. The molecule has 0 spiro atoms. The van der Waals surface area contributed by atoms with Crippen molar-refractivity contribution < 1.29 is 9.53 Å². The fourth-order valence-corrected chi connectivity index (χ4v) is 3.98. The predicted octanol–water partition coefficient (Wildman–Crippen LogP) is 4.65. The van der Waals surface area contributed by atoms with E-state index in [2.05, 4.69) is 41.5 Å². The number of carbonyl (C=O) groups excluding carboxylic acids is 1. The number of benzene rings is 1. The van der Waals surface area contributed by atoms with E-state index < -0.39 is 0 Å². The minimum Gasteiger partial charge on any atom is -0.468 e. The highest BCUT2D eigenvalue weighted by molar-refractivity contribution is 5.87. The van der Waals surface area contributed by atoms with Crippen LogP contribution in [0.1, 0.15) is 69.2 Å². The van der Waals surface area contributed by atoms with Gasteiger partial charge >= 0.3 is 5.97 Å². The van der Waals surface area contributed by atoms with Gasteiger partial charge in [-0.3, -0.25) is 10.1 Å². The molecule has 2 atom stereocenters. The lowest BCUT2D eigenvalue weighted by Gasteiger charge is -2.30. The minimum absolute atomic E-state index is 0.163. The first kappa shape index (κ1) is 18.0. The molecule has 2 N–H and O–H groups in total. The zero-order valence-corrected chi connectivity index (χ0v) is 15.4. The molecule has 1 aliphatic heterocycles. The Bertz CT molecular complexity index is 707. The largest absolute Gasteiger partial charge is 0.468 e. The first-order valence-corrected chi connectivity index (χ1v) is 9.68. The quantitative estimate of drug-likeness (QED) is 0.542. The number of hydrogen-bond acceptors (Lipinski definition) is 3. The van der Waals surface area contributed by atoms with E-state index in [9.17, 15) is 4.79 Å². The second-order valence-corrected chi connectivity index (χ2v) is 7.12. The third-order valence-electron chi connectivity index (χ3n) is 5.34. The van der Waals surface area contributed by atoms with Crippen LogP contribution in [0.2, 0.25) is 0 Å². The standard InChI is InChI=1S/C21H30N2O2/c1-3-4-5-6-7-8-13-18-20-16(14-19(22-18)21(24)25-2)15-11-9-10-12-17(15)23-20/h9-12,18-19,22-23H,3-8,13-14H2,1-2H3/t18-,19+/m0/s1. The van der Waals surface area contributed by atoms with Crippen molar-refractivity contribution >= 4 is 16.9 Å². The number of para-hydroxylation sites is 1. The lowest BCUT2D eigenvalue weighted by atomic mass is 9.91. The molecule has 4 heteroatoms. The summed E-state index contributed by atoms with van der Waals surface area (Å²) in [4.78, 5) is 15.7. The molecule has 1 aromatic carbocycles. The molecule has 1 aromatic heterocycles. The third-order valence-corrected chi connectivity index (χ3v) is 5.34. The molecule has 0 aliphatic carbocycles. The van der Waals surface area contributed by atoms with Gasteiger partial charge in [0.1, 0.15) is 6.04 Å². The van der Waals surface area contributed by atoms with Crippen LogP contribution in [0.4, 0.5) is 0 Å². The van der Waals surface area contributed by atoms with Crippen LogP contribution in [-0.4, -0.2) is 24.1 Å². The Hall–Kier alpha value is -1.81. The first-order chi connectivity index (χ1) is 12.2. The van der Waals surface area contributed by atoms with Crippen LogP contribution < -0.4 is 5.32 Å². The number of methoxy groups -OCH3 is 1. The number of rotatable bonds is 8. The van der Waals surface area contributed by atoms with Gasteiger partial charge in [-0.25, -0.2) is 0 Å². The van der Waals surface area contributed by atoms with Crippen LogP contribution in [-0.2, 0) is 16.0 Å². The van der Waals surface area contributed by atoms with Crippen LogP contribution >= 0.6 is 0 Å². The Kier molecular flexibility index (Phi) is 6.14. The molecule has 2 aromatic rings. The monoisotopic (exact) mass is 342 g/mol. The van der Waals surface area contributed by atoms with Gasteiger partial charge in [0.25, 0.3) is 0 Å². The van der Waals surface area contributed by atoms with Crippen molar-refractivity contribution in [3.05, 3.63) is 35.5 Å². The summed E-state index contributed by atoms with van der Waals surface area (Å²) in [6, 6.07) is 8.33. The van der Waals surface area contributed by atoms with Gasteiger partial charge in [0.05, 0.1) is 7.11 Å². The van der Waals surface area contributed by atoms with E-state index >= 15 is 0 Å². The van der Waals surface area contributed by atoms with Crippen molar-refractivity contribution in [2.75, 3.05) is 7.11 Å². The maximum Gasteiger partial charge on any atom is 0.323 e. The second kappa shape index (κ2) is 8.52. The number of aromatic nitrogens is 1. The number of H-pyrrole nitrogens is 1. The molecule has 136 valence electrons. The number of fused-ring (bicyclic) bond motifs is 3. The smallest absolute Gasteiger partial charge is 0.323 e. The van der Waals surface area contributed by atoms with Crippen molar-refractivity contribution in [1.82, 2.24) is 10.3 Å². The summed E-state index contributed by atoms with van der Waals surface area (Å²) >= 11 is 0. The van der Waals surface area contributed by atoms with Gasteiger partial charge in [-0.05, 0) is 18.1 Å². The number of aromatic amines is 1. The molecular formula is C21H30N2O2. The second-order valence-electron chi connectivity index (χ2n) is 7.12. The summed E-state index contributed by atoms with van der Waals surface area (Å²) in [5.74, 6) is -0.163. The van der Waals surface area contributed by atoms with Crippen molar-refractivity contribution in [1.29, 1.82) is 0 Å². The van der Waals surface area contributed by atoms with Crippen LogP contribution in [0.25, 0.3) is 10.9 Å². The van der Waals surface area contributed by atoms with Gasteiger partial charge in [0, 0.05) is 29.1 Å². The molecule has 2 heterocycles. The summed E-state index contributed by atoms with van der Waals surface area (Å²) in [6.45, 7) is 2.25. The highest BCUT2D eigenvalue weighted by Gasteiger charge is 2.33. The van der Waals surface area contributed by atoms with Gasteiger partial charge in [-0.15, -0.1) is 0 Å². The molecule has 0 saturated heterocycles. The highest BCUT2D eigenvalue weighted by atomic mass is 16.5. The van der Waals surface area contributed by atoms with Crippen molar-refractivity contribution in [2.24, 2.45) is 0 Å². The van der Waals surface area contributed by atoms with Gasteiger partial charge in [-0.2, -0.15) is 0 Å². The fraction of sp³-hybridized carbons (Fsp3) is 0.571. The molecule has 25 heavy (non-hydrogen) atoms. The van der Waals surface area contributed by atoms with Crippen LogP contribution in [0.5, 0.6) is 0 Å².